The molecule has 1 saturated carbocycles. The van der Waals surface area contributed by atoms with Crippen LogP contribution in [0.5, 0.6) is 0 Å². The Bertz CT molecular complexity index is 227. The smallest absolute Gasteiger partial charge is 0.115 e. The molecule has 2 rings (SSSR count). The molecule has 0 spiro atoms. The third kappa shape index (κ3) is 1.63. The summed E-state index contributed by atoms with van der Waals surface area (Å²) >= 11 is 0. The first-order valence-corrected chi connectivity index (χ1v) is 4.53. The maximum absolute atomic E-state index is 4.03. The summed E-state index contributed by atoms with van der Waals surface area (Å²) in [4.78, 5) is 8.07. The van der Waals surface area contributed by atoms with Crippen LogP contribution in [0.2, 0.25) is 0 Å². The maximum Gasteiger partial charge on any atom is 0.115 e. The van der Waals surface area contributed by atoms with E-state index in [9.17, 15) is 0 Å². The molecule has 1 atom stereocenters. The van der Waals surface area contributed by atoms with Crippen LogP contribution in [0.4, 0.5) is 0 Å². The van der Waals surface area contributed by atoms with Gasteiger partial charge in [-0.25, -0.2) is 9.97 Å². The summed E-state index contributed by atoms with van der Waals surface area (Å²) in [6.45, 7) is 0. The quantitative estimate of drug-likeness (QED) is 0.631. The largest absolute Gasteiger partial charge is 0.245 e. The second kappa shape index (κ2) is 3.65. The van der Waals surface area contributed by atoms with Crippen molar-refractivity contribution >= 4 is 0 Å². The molecular formula is C10H13N2. The predicted molar refractivity (Wildman–Crippen MR) is 47.5 cm³/mol. The zero-order chi connectivity index (χ0) is 8.23. The lowest BCUT2D eigenvalue weighted by Gasteiger charge is -2.20. The van der Waals surface area contributed by atoms with Crippen LogP contribution in [0.1, 0.15) is 37.2 Å². The fourth-order valence-corrected chi connectivity index (χ4v) is 1.77. The van der Waals surface area contributed by atoms with Crippen LogP contribution in [0.15, 0.2) is 18.7 Å². The highest BCUT2D eigenvalue weighted by Crippen LogP contribution is 2.30. The number of rotatable bonds is 1. The van der Waals surface area contributed by atoms with Gasteiger partial charge in [-0.2, -0.15) is 0 Å². The van der Waals surface area contributed by atoms with E-state index in [0.29, 0.717) is 5.92 Å². The molecule has 1 fully saturated rings. The summed E-state index contributed by atoms with van der Waals surface area (Å²) in [6.07, 6.45) is 13.0. The summed E-state index contributed by atoms with van der Waals surface area (Å²) in [5, 5.41) is 0. The Morgan fingerprint density at radius 1 is 1.25 bits per heavy atom. The Hall–Kier alpha value is -0.920. The Labute approximate surface area is 73.1 Å². The standard InChI is InChI=1S/C10H13N2/c1-2-4-9(5-3-1)10-6-11-8-12-7-10/h2,6-9H,1,3-5H2. The fourth-order valence-electron chi connectivity index (χ4n) is 1.77. The lowest BCUT2D eigenvalue weighted by atomic mass is 9.85. The molecule has 1 aromatic heterocycles. The molecule has 0 aromatic carbocycles. The van der Waals surface area contributed by atoms with Gasteiger partial charge in [-0.1, -0.05) is 12.8 Å². The van der Waals surface area contributed by atoms with E-state index in [0.717, 1.165) is 0 Å². The third-order valence-electron chi connectivity index (χ3n) is 2.46. The van der Waals surface area contributed by atoms with Crippen molar-refractivity contribution in [3.8, 4) is 0 Å². The summed E-state index contributed by atoms with van der Waals surface area (Å²) in [7, 11) is 0. The van der Waals surface area contributed by atoms with E-state index < -0.39 is 0 Å². The second-order valence-electron chi connectivity index (χ2n) is 3.32. The summed E-state index contributed by atoms with van der Waals surface area (Å²) in [5.41, 5.74) is 1.30. The molecule has 1 aliphatic rings. The molecule has 1 radical (unpaired) electrons. The number of nitrogens with zero attached hydrogens (tertiary/aromatic N) is 2. The molecule has 1 heterocycles. The highest BCUT2D eigenvalue weighted by molar-refractivity contribution is 5.12. The van der Waals surface area contributed by atoms with Gasteiger partial charge in [-0.05, 0) is 30.7 Å². The average Bonchev–Trinajstić information content (AvgIpc) is 2.21. The van der Waals surface area contributed by atoms with Crippen LogP contribution < -0.4 is 0 Å². The second-order valence-corrected chi connectivity index (χ2v) is 3.32. The van der Waals surface area contributed by atoms with Gasteiger partial charge in [0.25, 0.3) is 0 Å². The van der Waals surface area contributed by atoms with Gasteiger partial charge >= 0.3 is 0 Å². The van der Waals surface area contributed by atoms with Crippen LogP contribution in [-0.2, 0) is 0 Å². The van der Waals surface area contributed by atoms with Gasteiger partial charge < -0.3 is 0 Å². The number of aromatic nitrogens is 2. The minimum Gasteiger partial charge on any atom is -0.245 e. The van der Waals surface area contributed by atoms with Gasteiger partial charge in [0.2, 0.25) is 0 Å². The van der Waals surface area contributed by atoms with Crippen molar-refractivity contribution in [3.63, 3.8) is 0 Å². The Kier molecular flexibility index (Phi) is 2.35. The molecular weight excluding hydrogens is 148 g/mol. The zero-order valence-electron chi connectivity index (χ0n) is 7.11. The molecule has 1 unspecified atom stereocenters. The van der Waals surface area contributed by atoms with E-state index in [-0.39, 0.29) is 0 Å². The molecule has 1 aromatic rings. The molecule has 0 N–H and O–H groups in total. The third-order valence-corrected chi connectivity index (χ3v) is 2.46. The number of hydrogen-bond donors (Lipinski definition) is 0. The predicted octanol–water partition coefficient (Wildman–Crippen LogP) is 2.34. The van der Waals surface area contributed by atoms with E-state index >= 15 is 0 Å². The Balaban J connectivity index is 2.08. The molecule has 0 aliphatic heterocycles. The fraction of sp³-hybridized carbons (Fsp3) is 0.500. The molecule has 0 amide bonds. The van der Waals surface area contributed by atoms with Gasteiger partial charge in [0.1, 0.15) is 6.33 Å². The summed E-state index contributed by atoms with van der Waals surface area (Å²) < 4.78 is 0. The zero-order valence-corrected chi connectivity index (χ0v) is 7.11. The van der Waals surface area contributed by atoms with E-state index in [1.165, 1.54) is 31.2 Å². The lowest BCUT2D eigenvalue weighted by molar-refractivity contribution is 0.514. The van der Waals surface area contributed by atoms with Crippen LogP contribution >= 0.6 is 0 Å². The Morgan fingerprint density at radius 2 is 2.08 bits per heavy atom. The van der Waals surface area contributed by atoms with Crippen molar-refractivity contribution in [3.05, 3.63) is 30.7 Å². The highest BCUT2D eigenvalue weighted by Gasteiger charge is 2.15. The van der Waals surface area contributed by atoms with Crippen molar-refractivity contribution < 1.29 is 0 Å². The normalized spacial score (nSPS) is 19.3. The van der Waals surface area contributed by atoms with Crippen molar-refractivity contribution in [2.75, 3.05) is 0 Å². The molecule has 2 heteroatoms. The molecule has 12 heavy (non-hydrogen) atoms. The van der Waals surface area contributed by atoms with Gasteiger partial charge in [-0.15, -0.1) is 0 Å². The SMILES string of the molecule is [CH]1CCCC(c2cncnc2)C1. The van der Waals surface area contributed by atoms with Gasteiger partial charge in [-0.3, -0.25) is 0 Å². The minimum absolute atomic E-state index is 0.681. The van der Waals surface area contributed by atoms with Gasteiger partial charge in [0.05, 0.1) is 0 Å². The van der Waals surface area contributed by atoms with Crippen LogP contribution in [0.3, 0.4) is 0 Å². The van der Waals surface area contributed by atoms with Crippen LogP contribution in [0.25, 0.3) is 0 Å². The van der Waals surface area contributed by atoms with E-state index in [4.69, 9.17) is 0 Å². The first-order valence-electron chi connectivity index (χ1n) is 4.53. The monoisotopic (exact) mass is 161 g/mol. The first kappa shape index (κ1) is 7.71. The highest BCUT2D eigenvalue weighted by atomic mass is 14.8. The number of hydrogen-bond acceptors (Lipinski definition) is 2. The van der Waals surface area contributed by atoms with E-state index in [1.807, 2.05) is 12.4 Å². The maximum atomic E-state index is 4.03. The average molecular weight is 161 g/mol. The molecule has 63 valence electrons. The van der Waals surface area contributed by atoms with Crippen molar-refractivity contribution in [2.45, 2.75) is 31.6 Å². The molecule has 1 aliphatic carbocycles. The van der Waals surface area contributed by atoms with Crippen LogP contribution in [0, 0.1) is 6.42 Å². The summed E-state index contributed by atoms with van der Waals surface area (Å²) in [5.74, 6) is 0.681. The van der Waals surface area contributed by atoms with Crippen molar-refractivity contribution in [2.24, 2.45) is 0 Å². The van der Waals surface area contributed by atoms with Gasteiger partial charge in [0, 0.05) is 12.4 Å². The molecule has 0 bridgehead atoms. The molecule has 2 nitrogen and oxygen atoms in total. The lowest BCUT2D eigenvalue weighted by Crippen LogP contribution is -2.05. The minimum atomic E-state index is 0.681. The first-order chi connectivity index (χ1) is 5.97. The van der Waals surface area contributed by atoms with E-state index in [2.05, 4.69) is 16.4 Å². The van der Waals surface area contributed by atoms with Crippen molar-refractivity contribution in [1.82, 2.24) is 9.97 Å². The Morgan fingerprint density at radius 3 is 2.75 bits per heavy atom. The topological polar surface area (TPSA) is 25.8 Å². The molecule has 0 saturated heterocycles. The summed E-state index contributed by atoms with van der Waals surface area (Å²) in [6, 6.07) is 0. The van der Waals surface area contributed by atoms with E-state index in [1.54, 1.807) is 6.33 Å². The van der Waals surface area contributed by atoms with Crippen molar-refractivity contribution in [1.29, 1.82) is 0 Å². The van der Waals surface area contributed by atoms with Gasteiger partial charge in [0.15, 0.2) is 0 Å². The van der Waals surface area contributed by atoms with Crippen LogP contribution in [-0.4, -0.2) is 9.97 Å².